The smallest absolute Gasteiger partial charge is 0.0827 e. The van der Waals surface area contributed by atoms with Crippen LogP contribution in [-0.4, -0.2) is 0 Å². The average molecular weight is 128 g/mol. The maximum Gasteiger partial charge on any atom is 0.0827 e. The summed E-state index contributed by atoms with van der Waals surface area (Å²) in [6.45, 7) is 5.70. The summed E-state index contributed by atoms with van der Waals surface area (Å²) >= 11 is 0. The number of hydrogen-bond acceptors (Lipinski definition) is 0. The van der Waals surface area contributed by atoms with Gasteiger partial charge < -0.3 is 0 Å². The van der Waals surface area contributed by atoms with E-state index in [1.54, 1.807) is 0 Å². The number of rotatable bonds is 4. The van der Waals surface area contributed by atoms with E-state index in [1.807, 2.05) is 6.08 Å². The molecule has 0 bridgehead atoms. The van der Waals surface area contributed by atoms with Crippen molar-refractivity contribution < 1.29 is 4.39 Å². The van der Waals surface area contributed by atoms with Crippen molar-refractivity contribution >= 4 is 0 Å². The van der Waals surface area contributed by atoms with Crippen molar-refractivity contribution in [1.29, 1.82) is 0 Å². The van der Waals surface area contributed by atoms with Gasteiger partial charge in [-0.25, -0.2) is 4.39 Å². The summed E-state index contributed by atoms with van der Waals surface area (Å²) in [6, 6.07) is 0. The molecule has 0 aliphatic heterocycles. The molecule has 0 rings (SSSR count). The maximum absolute atomic E-state index is 11.4. The fourth-order valence-electron chi connectivity index (χ4n) is 0.656. The first-order valence-corrected chi connectivity index (χ1v) is 3.22. The Labute approximate surface area is 56.1 Å². The minimum absolute atomic E-state index is 0.442. The van der Waals surface area contributed by atoms with Gasteiger partial charge >= 0.3 is 0 Å². The molecule has 1 heteroatoms. The predicted molar refractivity (Wildman–Crippen MR) is 38.8 cm³/mol. The summed E-state index contributed by atoms with van der Waals surface area (Å²) in [5.74, 6) is 0.442. The zero-order valence-corrected chi connectivity index (χ0v) is 5.81. The SMILES string of the molecule is C=CC(CC)C/C=C/F. The molecule has 0 radical (unpaired) electrons. The first-order chi connectivity index (χ1) is 4.35. The highest BCUT2D eigenvalue weighted by atomic mass is 19.1. The van der Waals surface area contributed by atoms with Crippen molar-refractivity contribution in [2.45, 2.75) is 19.8 Å². The lowest BCUT2D eigenvalue weighted by molar-refractivity contribution is 0.626. The fraction of sp³-hybridized carbons (Fsp3) is 0.500. The van der Waals surface area contributed by atoms with Gasteiger partial charge in [-0.2, -0.15) is 0 Å². The quantitative estimate of drug-likeness (QED) is 0.510. The molecular weight excluding hydrogens is 115 g/mol. The van der Waals surface area contributed by atoms with Crippen LogP contribution in [0.5, 0.6) is 0 Å². The molecule has 0 spiro atoms. The Morgan fingerprint density at radius 3 is 2.67 bits per heavy atom. The lowest BCUT2D eigenvalue weighted by Crippen LogP contribution is -1.89. The van der Waals surface area contributed by atoms with E-state index in [1.165, 1.54) is 6.08 Å². The van der Waals surface area contributed by atoms with E-state index in [0.717, 1.165) is 12.8 Å². The predicted octanol–water partition coefficient (Wildman–Crippen LogP) is 3.07. The molecule has 0 nitrogen and oxygen atoms in total. The molecule has 0 fully saturated rings. The Bertz CT molecular complexity index is 94.7. The van der Waals surface area contributed by atoms with Crippen molar-refractivity contribution in [3.05, 3.63) is 25.1 Å². The van der Waals surface area contributed by atoms with Crippen molar-refractivity contribution in [2.75, 3.05) is 0 Å². The summed E-state index contributed by atoms with van der Waals surface area (Å²) < 4.78 is 11.4. The van der Waals surface area contributed by atoms with Crippen LogP contribution in [0.2, 0.25) is 0 Å². The highest BCUT2D eigenvalue weighted by Crippen LogP contribution is 2.08. The summed E-state index contributed by atoms with van der Waals surface area (Å²) in [6.07, 6.45) is 5.78. The van der Waals surface area contributed by atoms with Crippen LogP contribution in [0.3, 0.4) is 0 Å². The van der Waals surface area contributed by atoms with Crippen molar-refractivity contribution in [3.63, 3.8) is 0 Å². The van der Waals surface area contributed by atoms with Crippen molar-refractivity contribution in [1.82, 2.24) is 0 Å². The molecule has 1 unspecified atom stereocenters. The molecular formula is C8H13F. The average Bonchev–Trinajstić information content (AvgIpc) is 1.91. The van der Waals surface area contributed by atoms with Gasteiger partial charge in [0.05, 0.1) is 6.33 Å². The lowest BCUT2D eigenvalue weighted by atomic mass is 10.0. The molecule has 0 aliphatic carbocycles. The van der Waals surface area contributed by atoms with Crippen LogP contribution in [0.1, 0.15) is 19.8 Å². The van der Waals surface area contributed by atoms with E-state index in [9.17, 15) is 4.39 Å². The second-order valence-electron chi connectivity index (χ2n) is 2.00. The van der Waals surface area contributed by atoms with E-state index >= 15 is 0 Å². The molecule has 0 aromatic rings. The Balaban J connectivity index is 3.42. The summed E-state index contributed by atoms with van der Waals surface area (Å²) in [5, 5.41) is 0. The van der Waals surface area contributed by atoms with E-state index < -0.39 is 0 Å². The standard InChI is InChI=1S/C8H13F/c1-3-8(4-2)6-5-7-9/h3,5,7-8H,1,4,6H2,2H3/b7-5+. The lowest BCUT2D eigenvalue weighted by Gasteiger charge is -2.02. The molecule has 0 aliphatic rings. The number of allylic oxidation sites excluding steroid dienone is 2. The van der Waals surface area contributed by atoms with Crippen LogP contribution in [0, 0.1) is 5.92 Å². The van der Waals surface area contributed by atoms with Crippen LogP contribution in [0.25, 0.3) is 0 Å². The molecule has 0 saturated heterocycles. The highest BCUT2D eigenvalue weighted by molar-refractivity contribution is 4.85. The van der Waals surface area contributed by atoms with Crippen molar-refractivity contribution in [2.24, 2.45) is 5.92 Å². The molecule has 0 aromatic carbocycles. The third kappa shape index (κ3) is 3.95. The maximum atomic E-state index is 11.4. The Hall–Kier alpha value is -0.590. The first kappa shape index (κ1) is 8.41. The molecule has 0 heterocycles. The van der Waals surface area contributed by atoms with Gasteiger partial charge in [0.15, 0.2) is 0 Å². The van der Waals surface area contributed by atoms with Gasteiger partial charge in [-0.3, -0.25) is 0 Å². The van der Waals surface area contributed by atoms with Gasteiger partial charge in [-0.05, 0) is 18.8 Å². The molecule has 0 amide bonds. The largest absolute Gasteiger partial charge is 0.216 e. The summed E-state index contributed by atoms with van der Waals surface area (Å²) in [7, 11) is 0. The van der Waals surface area contributed by atoms with Gasteiger partial charge in [0.25, 0.3) is 0 Å². The van der Waals surface area contributed by atoms with Gasteiger partial charge in [-0.1, -0.05) is 19.1 Å². The summed E-state index contributed by atoms with van der Waals surface area (Å²) in [4.78, 5) is 0. The molecule has 1 atom stereocenters. The van der Waals surface area contributed by atoms with Gasteiger partial charge in [0.2, 0.25) is 0 Å². The molecule has 52 valence electrons. The Kier molecular flexibility index (Phi) is 5.18. The van der Waals surface area contributed by atoms with Crippen LogP contribution < -0.4 is 0 Å². The fourth-order valence-corrected chi connectivity index (χ4v) is 0.656. The van der Waals surface area contributed by atoms with Crippen LogP contribution >= 0.6 is 0 Å². The number of hydrogen-bond donors (Lipinski definition) is 0. The van der Waals surface area contributed by atoms with Crippen LogP contribution in [0.4, 0.5) is 4.39 Å². The first-order valence-electron chi connectivity index (χ1n) is 3.22. The van der Waals surface area contributed by atoms with Gasteiger partial charge in [-0.15, -0.1) is 6.58 Å². The molecule has 0 aromatic heterocycles. The zero-order valence-electron chi connectivity index (χ0n) is 5.81. The van der Waals surface area contributed by atoms with E-state index in [0.29, 0.717) is 12.2 Å². The van der Waals surface area contributed by atoms with E-state index in [4.69, 9.17) is 0 Å². The summed E-state index contributed by atoms with van der Waals surface area (Å²) in [5.41, 5.74) is 0. The molecule has 0 N–H and O–H groups in total. The molecule has 9 heavy (non-hydrogen) atoms. The van der Waals surface area contributed by atoms with E-state index in [2.05, 4.69) is 13.5 Å². The van der Waals surface area contributed by atoms with Gasteiger partial charge in [0.1, 0.15) is 0 Å². The minimum Gasteiger partial charge on any atom is -0.216 e. The third-order valence-electron chi connectivity index (χ3n) is 1.39. The second-order valence-corrected chi connectivity index (χ2v) is 2.00. The van der Waals surface area contributed by atoms with Crippen LogP contribution in [0.15, 0.2) is 25.1 Å². The normalized spacial score (nSPS) is 14.0. The Morgan fingerprint density at radius 2 is 2.33 bits per heavy atom. The van der Waals surface area contributed by atoms with Crippen molar-refractivity contribution in [3.8, 4) is 0 Å². The molecule has 0 saturated carbocycles. The number of halogens is 1. The topological polar surface area (TPSA) is 0 Å². The van der Waals surface area contributed by atoms with E-state index in [-0.39, 0.29) is 0 Å². The van der Waals surface area contributed by atoms with Gasteiger partial charge in [0, 0.05) is 0 Å². The monoisotopic (exact) mass is 128 g/mol. The second kappa shape index (κ2) is 5.54. The highest BCUT2D eigenvalue weighted by Gasteiger charge is 1.95. The van der Waals surface area contributed by atoms with Crippen LogP contribution in [-0.2, 0) is 0 Å². The Morgan fingerprint density at radius 1 is 1.67 bits per heavy atom. The minimum atomic E-state index is 0.442. The zero-order chi connectivity index (χ0) is 7.11. The third-order valence-corrected chi connectivity index (χ3v) is 1.39.